The lowest BCUT2D eigenvalue weighted by atomic mass is 9.95. The van der Waals surface area contributed by atoms with Gasteiger partial charge in [-0.1, -0.05) is 43.5 Å². The van der Waals surface area contributed by atoms with Crippen molar-refractivity contribution in [2.24, 2.45) is 0 Å². The summed E-state index contributed by atoms with van der Waals surface area (Å²) in [6, 6.07) is 3.94. The molecule has 0 fully saturated rings. The highest BCUT2D eigenvalue weighted by Gasteiger charge is 2.36. The summed E-state index contributed by atoms with van der Waals surface area (Å²) in [4.78, 5) is 40.8. The highest BCUT2D eigenvalue weighted by molar-refractivity contribution is 5.92. The van der Waals surface area contributed by atoms with E-state index in [4.69, 9.17) is 4.74 Å². The van der Waals surface area contributed by atoms with Crippen molar-refractivity contribution in [3.8, 4) is 0 Å². The third-order valence-electron chi connectivity index (χ3n) is 5.24. The Labute approximate surface area is 199 Å². The molecule has 3 amide bonds. The Hall–Kier alpha value is -2.57. The summed E-state index contributed by atoms with van der Waals surface area (Å²) in [6.45, 7) is 17.3. The van der Waals surface area contributed by atoms with Crippen LogP contribution in [-0.4, -0.2) is 47.0 Å². The van der Waals surface area contributed by atoms with E-state index in [1.54, 1.807) is 32.6 Å². The van der Waals surface area contributed by atoms with Crippen LogP contribution in [0.3, 0.4) is 0 Å². The van der Waals surface area contributed by atoms with Crippen LogP contribution in [0.5, 0.6) is 0 Å². The zero-order chi connectivity index (χ0) is 25.3. The molecule has 0 aliphatic rings. The third kappa shape index (κ3) is 9.06. The summed E-state index contributed by atoms with van der Waals surface area (Å²) in [5, 5.41) is 5.63. The number of benzene rings is 1. The number of rotatable bonds is 10. The number of ether oxygens (including phenoxy) is 1. The Bertz CT molecular complexity index is 814. The minimum atomic E-state index is -0.858. The van der Waals surface area contributed by atoms with E-state index in [0.717, 1.165) is 36.0 Å². The molecule has 0 radical (unpaired) electrons. The molecule has 0 spiro atoms. The predicted molar refractivity (Wildman–Crippen MR) is 132 cm³/mol. The molecule has 1 aromatic carbocycles. The second-order valence-corrected chi connectivity index (χ2v) is 9.97. The molecule has 2 atom stereocenters. The van der Waals surface area contributed by atoms with Crippen molar-refractivity contribution < 1.29 is 19.1 Å². The van der Waals surface area contributed by atoms with Crippen LogP contribution in [-0.2, 0) is 14.3 Å². The van der Waals surface area contributed by atoms with Gasteiger partial charge in [-0.15, -0.1) is 0 Å². The van der Waals surface area contributed by atoms with Crippen LogP contribution in [0.25, 0.3) is 0 Å². The van der Waals surface area contributed by atoms with E-state index in [1.807, 2.05) is 45.9 Å². The van der Waals surface area contributed by atoms with Crippen LogP contribution >= 0.6 is 0 Å². The maximum atomic E-state index is 13.5. The Kier molecular flexibility index (Phi) is 10.9. The topological polar surface area (TPSA) is 87.7 Å². The maximum Gasteiger partial charge on any atom is 0.408 e. The van der Waals surface area contributed by atoms with Crippen molar-refractivity contribution in [2.75, 3.05) is 6.54 Å². The summed E-state index contributed by atoms with van der Waals surface area (Å²) in [5.74, 6) is -0.561. The fourth-order valence-electron chi connectivity index (χ4n) is 3.68. The summed E-state index contributed by atoms with van der Waals surface area (Å²) in [6.07, 6.45) is 2.30. The molecule has 7 heteroatoms. The first-order chi connectivity index (χ1) is 15.3. The zero-order valence-electron chi connectivity index (χ0n) is 21.9. The number of carbonyl (C=O) groups excluding carboxylic acids is 3. The molecular weight excluding hydrogens is 418 g/mol. The second-order valence-electron chi connectivity index (χ2n) is 9.97. The number of aryl methyl sites for hydroxylation is 2. The number of amides is 3. The highest BCUT2D eigenvalue weighted by atomic mass is 16.6. The molecule has 2 N–H and O–H groups in total. The standard InChI is InChI=1S/C26H43N3O4/c1-10-11-12-15-27-23(30)22(21-14-13-18(4)16-19(21)5)29(17(2)3)24(31)20(6)28-25(32)33-26(7,8)9/h13-14,16-17,20,22H,10-12,15H2,1-9H3,(H,27,30)(H,28,32). The van der Waals surface area contributed by atoms with E-state index in [2.05, 4.69) is 17.6 Å². The van der Waals surface area contributed by atoms with Crippen molar-refractivity contribution in [3.05, 3.63) is 34.9 Å². The van der Waals surface area contributed by atoms with Gasteiger partial charge in [-0.05, 0) is 72.9 Å². The van der Waals surface area contributed by atoms with Gasteiger partial charge in [0.15, 0.2) is 0 Å². The summed E-state index contributed by atoms with van der Waals surface area (Å²) >= 11 is 0. The number of hydrogen-bond donors (Lipinski definition) is 2. The number of hydrogen-bond acceptors (Lipinski definition) is 4. The normalized spacial score (nSPS) is 13.3. The van der Waals surface area contributed by atoms with Gasteiger partial charge in [0, 0.05) is 12.6 Å². The molecule has 0 bridgehead atoms. The Morgan fingerprint density at radius 1 is 1.06 bits per heavy atom. The van der Waals surface area contributed by atoms with Crippen LogP contribution in [0.1, 0.15) is 90.5 Å². The minimum absolute atomic E-state index is 0.218. The molecule has 0 aromatic heterocycles. The van der Waals surface area contributed by atoms with E-state index in [9.17, 15) is 14.4 Å². The van der Waals surface area contributed by atoms with Crippen LogP contribution in [0.15, 0.2) is 18.2 Å². The van der Waals surface area contributed by atoms with Gasteiger partial charge in [-0.25, -0.2) is 4.79 Å². The van der Waals surface area contributed by atoms with Gasteiger partial charge in [0.1, 0.15) is 17.7 Å². The molecule has 1 rings (SSSR count). The maximum absolute atomic E-state index is 13.5. The van der Waals surface area contributed by atoms with Crippen LogP contribution < -0.4 is 10.6 Å². The number of carbonyl (C=O) groups is 3. The Morgan fingerprint density at radius 2 is 1.70 bits per heavy atom. The van der Waals surface area contributed by atoms with Gasteiger partial charge in [-0.3, -0.25) is 9.59 Å². The number of unbranched alkanes of at least 4 members (excludes halogenated alkanes) is 2. The molecule has 0 aliphatic carbocycles. The van der Waals surface area contributed by atoms with Gasteiger partial charge < -0.3 is 20.3 Å². The lowest BCUT2D eigenvalue weighted by Gasteiger charge is -2.37. The highest BCUT2D eigenvalue weighted by Crippen LogP contribution is 2.28. The number of nitrogens with one attached hydrogen (secondary N) is 2. The molecule has 0 aliphatic heterocycles. The van der Waals surface area contributed by atoms with Crippen molar-refractivity contribution in [2.45, 2.75) is 105 Å². The smallest absolute Gasteiger partial charge is 0.408 e. The van der Waals surface area contributed by atoms with Crippen molar-refractivity contribution in [1.82, 2.24) is 15.5 Å². The lowest BCUT2D eigenvalue weighted by molar-refractivity contribution is -0.144. The monoisotopic (exact) mass is 461 g/mol. The van der Waals surface area contributed by atoms with Gasteiger partial charge in [0.05, 0.1) is 0 Å². The van der Waals surface area contributed by atoms with E-state index < -0.39 is 23.8 Å². The summed E-state index contributed by atoms with van der Waals surface area (Å²) in [7, 11) is 0. The first-order valence-electron chi connectivity index (χ1n) is 11.9. The van der Waals surface area contributed by atoms with Crippen molar-refractivity contribution >= 4 is 17.9 Å². The fourth-order valence-corrected chi connectivity index (χ4v) is 3.68. The Morgan fingerprint density at radius 3 is 2.21 bits per heavy atom. The molecule has 7 nitrogen and oxygen atoms in total. The van der Waals surface area contributed by atoms with Crippen LogP contribution in [0.4, 0.5) is 4.79 Å². The van der Waals surface area contributed by atoms with E-state index in [-0.39, 0.29) is 17.9 Å². The summed E-state index contributed by atoms with van der Waals surface area (Å²) < 4.78 is 5.30. The SMILES string of the molecule is CCCCCNC(=O)C(c1ccc(C)cc1C)N(C(=O)C(C)NC(=O)OC(C)(C)C)C(C)C. The first-order valence-corrected chi connectivity index (χ1v) is 11.9. The predicted octanol–water partition coefficient (Wildman–Crippen LogP) is 4.80. The summed E-state index contributed by atoms with van der Waals surface area (Å²) in [5.41, 5.74) is 2.13. The molecular formula is C26H43N3O4. The van der Waals surface area contributed by atoms with Crippen molar-refractivity contribution in [3.63, 3.8) is 0 Å². The molecule has 0 heterocycles. The zero-order valence-corrected chi connectivity index (χ0v) is 21.9. The Balaban J connectivity index is 3.27. The molecule has 33 heavy (non-hydrogen) atoms. The van der Waals surface area contributed by atoms with Gasteiger partial charge >= 0.3 is 6.09 Å². The lowest BCUT2D eigenvalue weighted by Crippen LogP contribution is -2.54. The minimum Gasteiger partial charge on any atom is -0.444 e. The van der Waals surface area contributed by atoms with E-state index in [1.165, 1.54) is 0 Å². The molecule has 186 valence electrons. The van der Waals surface area contributed by atoms with Gasteiger partial charge in [0.25, 0.3) is 0 Å². The second kappa shape index (κ2) is 12.6. The first kappa shape index (κ1) is 28.5. The van der Waals surface area contributed by atoms with Crippen LogP contribution in [0.2, 0.25) is 0 Å². The van der Waals surface area contributed by atoms with E-state index in [0.29, 0.717) is 6.54 Å². The molecule has 2 unspecified atom stereocenters. The molecule has 0 saturated carbocycles. The van der Waals surface area contributed by atoms with Gasteiger partial charge in [-0.2, -0.15) is 0 Å². The average Bonchev–Trinajstić information content (AvgIpc) is 2.67. The number of alkyl carbamates (subject to hydrolysis) is 1. The van der Waals surface area contributed by atoms with Crippen LogP contribution in [0, 0.1) is 13.8 Å². The molecule has 1 aromatic rings. The molecule has 0 saturated heterocycles. The van der Waals surface area contributed by atoms with E-state index >= 15 is 0 Å². The quantitative estimate of drug-likeness (QED) is 0.490. The third-order valence-corrected chi connectivity index (χ3v) is 5.24. The van der Waals surface area contributed by atoms with Gasteiger partial charge in [0.2, 0.25) is 11.8 Å². The largest absolute Gasteiger partial charge is 0.444 e. The number of nitrogens with zero attached hydrogens (tertiary/aromatic N) is 1. The fraction of sp³-hybridized carbons (Fsp3) is 0.654. The van der Waals surface area contributed by atoms with Crippen molar-refractivity contribution in [1.29, 1.82) is 0 Å². The average molecular weight is 462 g/mol.